The summed E-state index contributed by atoms with van der Waals surface area (Å²) in [4.78, 5) is 35.9. The SMILES string of the molecule is Cn1c2c(c(=O)n(C)c1=O)C(c1ccco1)NC(=O)N2. The first kappa shape index (κ1) is 12.3. The van der Waals surface area contributed by atoms with E-state index in [1.807, 2.05) is 0 Å². The largest absolute Gasteiger partial charge is 0.467 e. The van der Waals surface area contributed by atoms with Gasteiger partial charge in [-0.2, -0.15) is 0 Å². The van der Waals surface area contributed by atoms with Gasteiger partial charge in [-0.05, 0) is 12.1 Å². The lowest BCUT2D eigenvalue weighted by Gasteiger charge is -2.26. The van der Waals surface area contributed by atoms with Gasteiger partial charge < -0.3 is 9.73 Å². The fraction of sp³-hybridized carbons (Fsp3) is 0.250. The molecule has 0 aliphatic carbocycles. The molecule has 1 aliphatic rings. The molecule has 0 radical (unpaired) electrons. The lowest BCUT2D eigenvalue weighted by molar-refractivity contribution is 0.246. The van der Waals surface area contributed by atoms with Crippen LogP contribution in [0.5, 0.6) is 0 Å². The minimum absolute atomic E-state index is 0.184. The van der Waals surface area contributed by atoms with Gasteiger partial charge in [0.1, 0.15) is 17.6 Å². The Balaban J connectivity index is 2.35. The Morgan fingerprint density at radius 1 is 1.20 bits per heavy atom. The standard InChI is InChI=1S/C12H12N4O4/c1-15-9-7(10(17)16(2)12(15)19)8(13-11(18)14-9)6-4-3-5-20-6/h3-5,8H,1-2H3,(H2,13,14,18). The number of hydrogen-bond donors (Lipinski definition) is 2. The minimum Gasteiger partial charge on any atom is -0.467 e. The molecule has 2 aromatic heterocycles. The van der Waals surface area contributed by atoms with Crippen LogP contribution < -0.4 is 21.9 Å². The van der Waals surface area contributed by atoms with Crippen molar-refractivity contribution >= 4 is 11.8 Å². The molecule has 0 aromatic carbocycles. The summed E-state index contributed by atoms with van der Waals surface area (Å²) in [5.74, 6) is 0.611. The predicted octanol–water partition coefficient (Wildman–Crippen LogP) is -0.0985. The van der Waals surface area contributed by atoms with Crippen LogP contribution in [0.4, 0.5) is 10.6 Å². The molecular weight excluding hydrogens is 264 g/mol. The molecule has 1 aliphatic heterocycles. The second-order valence-electron chi connectivity index (χ2n) is 4.51. The van der Waals surface area contributed by atoms with E-state index in [2.05, 4.69) is 10.6 Å². The highest BCUT2D eigenvalue weighted by atomic mass is 16.3. The van der Waals surface area contributed by atoms with Crippen molar-refractivity contribution in [2.45, 2.75) is 6.04 Å². The molecule has 104 valence electrons. The zero-order chi connectivity index (χ0) is 14.4. The van der Waals surface area contributed by atoms with E-state index < -0.39 is 23.3 Å². The topological polar surface area (TPSA) is 98.3 Å². The molecular formula is C12H12N4O4. The van der Waals surface area contributed by atoms with Gasteiger partial charge in [0.05, 0.1) is 11.8 Å². The molecule has 2 aromatic rings. The number of fused-ring (bicyclic) bond motifs is 1. The van der Waals surface area contributed by atoms with E-state index in [-0.39, 0.29) is 11.4 Å². The molecule has 8 heteroatoms. The predicted molar refractivity (Wildman–Crippen MR) is 69.6 cm³/mol. The van der Waals surface area contributed by atoms with Gasteiger partial charge in [0.15, 0.2) is 0 Å². The molecule has 0 bridgehead atoms. The van der Waals surface area contributed by atoms with Gasteiger partial charge >= 0.3 is 11.7 Å². The zero-order valence-electron chi connectivity index (χ0n) is 10.8. The van der Waals surface area contributed by atoms with Crippen LogP contribution in [0.3, 0.4) is 0 Å². The summed E-state index contributed by atoms with van der Waals surface area (Å²) in [5.41, 5.74) is -0.713. The van der Waals surface area contributed by atoms with Crippen LogP contribution in [0.1, 0.15) is 17.4 Å². The lowest BCUT2D eigenvalue weighted by atomic mass is 10.0. The summed E-state index contributed by atoms with van der Waals surface area (Å²) in [6, 6.07) is 2.10. The summed E-state index contributed by atoms with van der Waals surface area (Å²) in [6.45, 7) is 0. The van der Waals surface area contributed by atoms with Gasteiger partial charge in [-0.25, -0.2) is 9.59 Å². The van der Waals surface area contributed by atoms with E-state index >= 15 is 0 Å². The van der Waals surface area contributed by atoms with Crippen LogP contribution in [0, 0.1) is 0 Å². The van der Waals surface area contributed by atoms with Crippen molar-refractivity contribution in [3.05, 3.63) is 50.6 Å². The molecule has 0 saturated heterocycles. The molecule has 3 heterocycles. The smallest absolute Gasteiger partial charge is 0.332 e. The van der Waals surface area contributed by atoms with Gasteiger partial charge in [-0.15, -0.1) is 0 Å². The minimum atomic E-state index is -0.723. The summed E-state index contributed by atoms with van der Waals surface area (Å²) in [6.07, 6.45) is 1.45. The number of rotatable bonds is 1. The van der Waals surface area contributed by atoms with Crippen molar-refractivity contribution in [1.82, 2.24) is 14.5 Å². The van der Waals surface area contributed by atoms with Crippen molar-refractivity contribution in [1.29, 1.82) is 0 Å². The maximum atomic E-state index is 12.3. The Labute approximate surface area is 112 Å². The quantitative estimate of drug-likeness (QED) is 0.760. The van der Waals surface area contributed by atoms with Crippen molar-refractivity contribution in [2.75, 3.05) is 5.32 Å². The van der Waals surface area contributed by atoms with E-state index in [4.69, 9.17) is 4.42 Å². The highest BCUT2D eigenvalue weighted by molar-refractivity contribution is 5.92. The molecule has 1 atom stereocenters. The van der Waals surface area contributed by atoms with Crippen LogP contribution in [-0.2, 0) is 14.1 Å². The normalized spacial score (nSPS) is 17.3. The number of amides is 2. The van der Waals surface area contributed by atoms with E-state index in [0.717, 1.165) is 4.57 Å². The molecule has 2 amide bonds. The molecule has 0 spiro atoms. The summed E-state index contributed by atoms with van der Waals surface area (Å²) >= 11 is 0. The monoisotopic (exact) mass is 276 g/mol. The zero-order valence-corrected chi connectivity index (χ0v) is 10.8. The molecule has 1 unspecified atom stereocenters. The summed E-state index contributed by atoms with van der Waals surface area (Å²) in [5, 5.41) is 5.10. The number of furan rings is 1. The van der Waals surface area contributed by atoms with Gasteiger partial charge in [0, 0.05) is 14.1 Å². The fourth-order valence-corrected chi connectivity index (χ4v) is 2.30. The van der Waals surface area contributed by atoms with Crippen molar-refractivity contribution in [3.63, 3.8) is 0 Å². The number of anilines is 1. The third kappa shape index (κ3) is 1.58. The van der Waals surface area contributed by atoms with Crippen LogP contribution in [0.2, 0.25) is 0 Å². The van der Waals surface area contributed by atoms with Gasteiger partial charge in [-0.1, -0.05) is 0 Å². The van der Waals surface area contributed by atoms with Crippen LogP contribution in [0.15, 0.2) is 32.4 Å². The third-order valence-electron chi connectivity index (χ3n) is 3.32. The lowest BCUT2D eigenvalue weighted by Crippen LogP contribution is -2.48. The number of aromatic nitrogens is 2. The highest BCUT2D eigenvalue weighted by Gasteiger charge is 2.33. The maximum Gasteiger partial charge on any atom is 0.332 e. The second-order valence-corrected chi connectivity index (χ2v) is 4.51. The van der Waals surface area contributed by atoms with E-state index in [1.54, 1.807) is 12.1 Å². The second kappa shape index (κ2) is 4.12. The summed E-state index contributed by atoms with van der Waals surface area (Å²) in [7, 11) is 2.88. The fourth-order valence-electron chi connectivity index (χ4n) is 2.30. The van der Waals surface area contributed by atoms with Crippen molar-refractivity contribution in [3.8, 4) is 0 Å². The molecule has 0 fully saturated rings. The average molecular weight is 276 g/mol. The third-order valence-corrected chi connectivity index (χ3v) is 3.32. The Bertz CT molecular complexity index is 800. The highest BCUT2D eigenvalue weighted by Crippen LogP contribution is 2.27. The van der Waals surface area contributed by atoms with E-state index in [0.29, 0.717) is 5.76 Å². The maximum absolute atomic E-state index is 12.3. The molecule has 2 N–H and O–H groups in total. The summed E-state index contributed by atoms with van der Waals surface area (Å²) < 4.78 is 7.49. The first-order valence-corrected chi connectivity index (χ1v) is 5.91. The van der Waals surface area contributed by atoms with Crippen molar-refractivity contribution in [2.24, 2.45) is 14.1 Å². The van der Waals surface area contributed by atoms with E-state index in [9.17, 15) is 14.4 Å². The van der Waals surface area contributed by atoms with Crippen molar-refractivity contribution < 1.29 is 9.21 Å². The number of carbonyl (C=O) groups excluding carboxylic acids is 1. The first-order chi connectivity index (χ1) is 9.50. The Kier molecular flexibility index (Phi) is 2.53. The molecule has 3 rings (SSSR count). The molecule has 0 saturated carbocycles. The van der Waals surface area contributed by atoms with Crippen LogP contribution in [0.25, 0.3) is 0 Å². The molecule has 8 nitrogen and oxygen atoms in total. The first-order valence-electron chi connectivity index (χ1n) is 5.91. The Morgan fingerprint density at radius 2 is 1.95 bits per heavy atom. The van der Waals surface area contributed by atoms with Gasteiger partial charge in [-0.3, -0.25) is 19.2 Å². The number of hydrogen-bond acceptors (Lipinski definition) is 4. The molecule has 20 heavy (non-hydrogen) atoms. The van der Waals surface area contributed by atoms with E-state index in [1.165, 1.54) is 24.9 Å². The number of carbonyl (C=O) groups is 1. The van der Waals surface area contributed by atoms with Crippen LogP contribution >= 0.6 is 0 Å². The number of urea groups is 1. The Hall–Kier alpha value is -2.77. The number of nitrogens with one attached hydrogen (secondary N) is 2. The van der Waals surface area contributed by atoms with Gasteiger partial charge in [0.25, 0.3) is 5.56 Å². The Morgan fingerprint density at radius 3 is 2.60 bits per heavy atom. The van der Waals surface area contributed by atoms with Gasteiger partial charge in [0.2, 0.25) is 0 Å². The average Bonchev–Trinajstić information content (AvgIpc) is 2.95. The number of nitrogens with zero attached hydrogens (tertiary/aromatic N) is 2. The van der Waals surface area contributed by atoms with Crippen LogP contribution in [-0.4, -0.2) is 15.2 Å².